The molecular weight excluding hydrogens is 460 g/mol. The van der Waals surface area contributed by atoms with Gasteiger partial charge in [0, 0.05) is 13.5 Å². The minimum absolute atomic E-state index is 0.347. The van der Waals surface area contributed by atoms with Crippen LogP contribution in [0.3, 0.4) is 0 Å². The first-order chi connectivity index (χ1) is 17.4. The second-order valence-electron chi connectivity index (χ2n) is 9.77. The highest BCUT2D eigenvalue weighted by Crippen LogP contribution is 2.28. The van der Waals surface area contributed by atoms with E-state index in [1.807, 2.05) is 0 Å². The first kappa shape index (κ1) is 30.3. The molecule has 0 bridgehead atoms. The molecule has 1 heterocycles. The van der Waals surface area contributed by atoms with Crippen molar-refractivity contribution in [3.63, 3.8) is 0 Å². The molecule has 1 aromatic rings. The summed E-state index contributed by atoms with van der Waals surface area (Å²) in [6, 6.07) is 8.50. The van der Waals surface area contributed by atoms with E-state index in [0.717, 1.165) is 19.3 Å². The topological polar surface area (TPSA) is 91.3 Å². The highest BCUT2D eigenvalue weighted by atomic mass is 16.7. The van der Waals surface area contributed by atoms with Crippen LogP contribution in [0, 0.1) is 0 Å². The quantitative estimate of drug-likeness (QED) is 0.206. The molecule has 5 atom stereocenters. The van der Waals surface area contributed by atoms with E-state index in [1.54, 1.807) is 37.3 Å². The van der Waals surface area contributed by atoms with Gasteiger partial charge in [0.2, 0.25) is 0 Å². The standard InChI is InChI=1S/C29H46O7/c1-4-5-6-7-8-9-10-11-12-13-14-18-21-33-29-27(35-23(3)30)26(25(31)22(2)34-29)36-28(32)24-19-16-15-17-20-24/h15-17,19-20,22,25-27,29,31H,4-14,18,21H2,1-3H3/t22-,25+,26+,27-,29-/m1/s1. The summed E-state index contributed by atoms with van der Waals surface area (Å²) in [4.78, 5) is 24.4. The monoisotopic (exact) mass is 506 g/mol. The van der Waals surface area contributed by atoms with E-state index < -0.39 is 42.6 Å². The van der Waals surface area contributed by atoms with Crippen molar-refractivity contribution in [3.05, 3.63) is 35.9 Å². The van der Waals surface area contributed by atoms with Crippen LogP contribution >= 0.6 is 0 Å². The van der Waals surface area contributed by atoms with Gasteiger partial charge in [-0.05, 0) is 25.5 Å². The fourth-order valence-corrected chi connectivity index (χ4v) is 4.48. The number of ether oxygens (including phenoxy) is 4. The van der Waals surface area contributed by atoms with Gasteiger partial charge in [0.05, 0.1) is 11.7 Å². The summed E-state index contributed by atoms with van der Waals surface area (Å²) in [7, 11) is 0. The predicted octanol–water partition coefficient (Wildman–Crippen LogP) is 5.97. The third-order valence-electron chi connectivity index (χ3n) is 6.59. The molecule has 0 aromatic heterocycles. The van der Waals surface area contributed by atoms with Crippen molar-refractivity contribution in [2.45, 2.75) is 129 Å². The van der Waals surface area contributed by atoms with Crippen LogP contribution in [-0.2, 0) is 23.7 Å². The average molecular weight is 507 g/mol. The summed E-state index contributed by atoms with van der Waals surface area (Å²) < 4.78 is 22.7. The molecule has 1 saturated heterocycles. The number of esters is 2. The average Bonchev–Trinajstić information content (AvgIpc) is 2.87. The molecule has 0 aliphatic carbocycles. The molecule has 1 aliphatic heterocycles. The molecule has 1 N–H and O–H groups in total. The molecule has 1 aromatic carbocycles. The van der Waals surface area contributed by atoms with Crippen molar-refractivity contribution in [1.29, 1.82) is 0 Å². The Balaban J connectivity index is 1.75. The Labute approximate surface area is 216 Å². The number of unbranched alkanes of at least 4 members (excludes halogenated alkanes) is 11. The van der Waals surface area contributed by atoms with Gasteiger partial charge in [-0.3, -0.25) is 4.79 Å². The van der Waals surface area contributed by atoms with E-state index in [1.165, 1.54) is 64.7 Å². The van der Waals surface area contributed by atoms with Gasteiger partial charge in [0.25, 0.3) is 0 Å². The molecule has 1 fully saturated rings. The van der Waals surface area contributed by atoms with Gasteiger partial charge in [-0.25, -0.2) is 4.79 Å². The Morgan fingerprint density at radius 2 is 1.39 bits per heavy atom. The van der Waals surface area contributed by atoms with Crippen molar-refractivity contribution >= 4 is 11.9 Å². The lowest BCUT2D eigenvalue weighted by molar-refractivity contribution is -0.295. The Kier molecular flexibility index (Phi) is 14.7. The maximum atomic E-state index is 12.6. The second kappa shape index (κ2) is 17.5. The zero-order valence-electron chi connectivity index (χ0n) is 22.4. The maximum Gasteiger partial charge on any atom is 0.338 e. The number of hydrogen-bond acceptors (Lipinski definition) is 7. The van der Waals surface area contributed by atoms with Gasteiger partial charge in [-0.15, -0.1) is 0 Å². The summed E-state index contributed by atoms with van der Waals surface area (Å²) in [5.74, 6) is -1.17. The molecule has 0 saturated carbocycles. The summed E-state index contributed by atoms with van der Waals surface area (Å²) >= 11 is 0. The zero-order chi connectivity index (χ0) is 26.2. The lowest BCUT2D eigenvalue weighted by Gasteiger charge is -2.42. The van der Waals surface area contributed by atoms with E-state index in [0.29, 0.717) is 12.2 Å². The molecule has 7 nitrogen and oxygen atoms in total. The SMILES string of the molecule is CCCCCCCCCCCCCCO[C@@H]1O[C@H](C)[C@H](O)[C@H](OC(=O)c2ccccc2)[C@H]1OC(C)=O. The molecule has 1 aliphatic rings. The Hall–Kier alpha value is -1.96. The molecule has 0 radical (unpaired) electrons. The van der Waals surface area contributed by atoms with Gasteiger partial charge in [0.15, 0.2) is 18.5 Å². The van der Waals surface area contributed by atoms with Crippen LogP contribution in [0.25, 0.3) is 0 Å². The van der Waals surface area contributed by atoms with Crippen molar-refractivity contribution in [2.75, 3.05) is 6.61 Å². The van der Waals surface area contributed by atoms with Crippen LogP contribution < -0.4 is 0 Å². The first-order valence-electron chi connectivity index (χ1n) is 13.8. The number of hydrogen-bond donors (Lipinski definition) is 1. The minimum Gasteiger partial charge on any atom is -0.453 e. The van der Waals surface area contributed by atoms with Crippen molar-refractivity contribution in [3.8, 4) is 0 Å². The number of carbonyl (C=O) groups is 2. The number of rotatable bonds is 17. The summed E-state index contributed by atoms with van der Waals surface area (Å²) in [6.45, 7) is 5.62. The van der Waals surface area contributed by atoms with Gasteiger partial charge in [0.1, 0.15) is 6.10 Å². The third-order valence-corrected chi connectivity index (χ3v) is 6.59. The number of aliphatic hydroxyl groups is 1. The van der Waals surface area contributed by atoms with Crippen LogP contribution in [0.1, 0.15) is 108 Å². The molecule has 36 heavy (non-hydrogen) atoms. The van der Waals surface area contributed by atoms with E-state index in [9.17, 15) is 14.7 Å². The first-order valence-corrected chi connectivity index (χ1v) is 13.8. The lowest BCUT2D eigenvalue weighted by Crippen LogP contribution is -2.60. The van der Waals surface area contributed by atoms with Crippen LogP contribution in [0.4, 0.5) is 0 Å². The largest absolute Gasteiger partial charge is 0.453 e. The summed E-state index contributed by atoms with van der Waals surface area (Å²) in [6.07, 6.45) is 10.1. The highest BCUT2D eigenvalue weighted by Gasteiger charge is 2.48. The molecule has 7 heteroatoms. The van der Waals surface area contributed by atoms with Crippen molar-refractivity contribution in [2.24, 2.45) is 0 Å². The normalized spacial score (nSPS) is 23.8. The maximum absolute atomic E-state index is 12.6. The van der Waals surface area contributed by atoms with Crippen LogP contribution in [0.2, 0.25) is 0 Å². The molecule has 0 unspecified atom stereocenters. The van der Waals surface area contributed by atoms with E-state index >= 15 is 0 Å². The van der Waals surface area contributed by atoms with Gasteiger partial charge < -0.3 is 24.1 Å². The Morgan fingerprint density at radius 1 is 0.833 bits per heavy atom. The van der Waals surface area contributed by atoms with E-state index in [2.05, 4.69) is 6.92 Å². The van der Waals surface area contributed by atoms with Gasteiger partial charge in [-0.2, -0.15) is 0 Å². The predicted molar refractivity (Wildman–Crippen MR) is 139 cm³/mol. The highest BCUT2D eigenvalue weighted by molar-refractivity contribution is 5.89. The number of aliphatic hydroxyl groups excluding tert-OH is 1. The van der Waals surface area contributed by atoms with Gasteiger partial charge >= 0.3 is 11.9 Å². The second-order valence-corrected chi connectivity index (χ2v) is 9.77. The van der Waals surface area contributed by atoms with Crippen molar-refractivity contribution in [1.82, 2.24) is 0 Å². The molecule has 0 spiro atoms. The van der Waals surface area contributed by atoms with Gasteiger partial charge in [-0.1, -0.05) is 95.8 Å². The summed E-state index contributed by atoms with van der Waals surface area (Å²) in [5.41, 5.74) is 0.347. The Morgan fingerprint density at radius 3 is 1.94 bits per heavy atom. The number of benzene rings is 1. The Bertz CT molecular complexity index is 738. The molecule has 0 amide bonds. The van der Waals surface area contributed by atoms with Crippen molar-refractivity contribution < 1.29 is 33.6 Å². The minimum atomic E-state index is -1.16. The fourth-order valence-electron chi connectivity index (χ4n) is 4.48. The summed E-state index contributed by atoms with van der Waals surface area (Å²) in [5, 5.41) is 10.7. The third kappa shape index (κ3) is 11.0. The molecular formula is C29H46O7. The van der Waals surface area contributed by atoms with Crippen LogP contribution in [0.15, 0.2) is 30.3 Å². The zero-order valence-corrected chi connectivity index (χ0v) is 22.4. The molecule has 2 rings (SSSR count). The van der Waals surface area contributed by atoms with Crippen LogP contribution in [-0.4, -0.2) is 54.4 Å². The van der Waals surface area contributed by atoms with E-state index in [4.69, 9.17) is 18.9 Å². The van der Waals surface area contributed by atoms with E-state index in [-0.39, 0.29) is 0 Å². The smallest absolute Gasteiger partial charge is 0.338 e. The number of carbonyl (C=O) groups excluding carboxylic acids is 2. The fraction of sp³-hybridized carbons (Fsp3) is 0.724. The lowest BCUT2D eigenvalue weighted by atomic mass is 9.99. The van der Waals surface area contributed by atoms with Crippen LogP contribution in [0.5, 0.6) is 0 Å². The molecule has 204 valence electrons.